The van der Waals surface area contributed by atoms with Gasteiger partial charge in [0.1, 0.15) is 11.9 Å². The van der Waals surface area contributed by atoms with Crippen LogP contribution in [0, 0.1) is 17.1 Å². The molecule has 0 amide bonds. The maximum Gasteiger partial charge on any atom is 0.234 e. The van der Waals surface area contributed by atoms with E-state index in [4.69, 9.17) is 4.42 Å². The molecule has 5 nitrogen and oxygen atoms in total. The average Bonchev–Trinajstić information content (AvgIpc) is 3.32. The number of aromatic nitrogens is 1. The third kappa shape index (κ3) is 3.41. The molecule has 4 rings (SSSR count). The van der Waals surface area contributed by atoms with Crippen molar-refractivity contribution in [2.24, 2.45) is 0 Å². The van der Waals surface area contributed by atoms with Crippen molar-refractivity contribution >= 4 is 22.9 Å². The number of piperazine rings is 1. The molecule has 1 saturated heterocycles. The second kappa shape index (κ2) is 7.18. The summed E-state index contributed by atoms with van der Waals surface area (Å²) >= 11 is 1.63. The molecule has 0 bridgehead atoms. The topological polar surface area (TPSA) is 56.3 Å². The number of halogens is 1. The monoisotopic (exact) mass is 368 g/mol. The van der Waals surface area contributed by atoms with E-state index in [2.05, 4.69) is 26.2 Å². The lowest BCUT2D eigenvalue weighted by molar-refractivity contribution is 0.485. The Kier molecular flexibility index (Phi) is 4.59. The van der Waals surface area contributed by atoms with E-state index in [1.807, 2.05) is 11.4 Å². The number of rotatable bonds is 4. The maximum atomic E-state index is 13.1. The number of oxazole rings is 1. The van der Waals surface area contributed by atoms with Crippen molar-refractivity contribution in [2.45, 2.75) is 6.42 Å². The summed E-state index contributed by atoms with van der Waals surface area (Å²) in [4.78, 5) is 8.60. The molecule has 1 aliphatic rings. The number of nitriles is 1. The molecule has 1 fully saturated rings. The van der Waals surface area contributed by atoms with Gasteiger partial charge in [-0.05, 0) is 46.7 Å². The van der Waals surface area contributed by atoms with Gasteiger partial charge in [0.2, 0.25) is 17.5 Å². The second-order valence-corrected chi connectivity index (χ2v) is 6.91. The summed E-state index contributed by atoms with van der Waals surface area (Å²) < 4.78 is 19.0. The lowest BCUT2D eigenvalue weighted by Gasteiger charge is -2.35. The molecule has 3 aromatic rings. The molecule has 0 radical (unpaired) electrons. The average molecular weight is 368 g/mol. The molecule has 2 aromatic heterocycles. The number of hydrogen-bond acceptors (Lipinski definition) is 6. The first-order valence-electron chi connectivity index (χ1n) is 8.39. The number of nitrogens with zero attached hydrogens (tertiary/aromatic N) is 4. The van der Waals surface area contributed by atoms with Crippen molar-refractivity contribution in [3.05, 3.63) is 64.1 Å². The zero-order valence-electron chi connectivity index (χ0n) is 14.1. The Morgan fingerprint density at radius 3 is 2.50 bits per heavy atom. The van der Waals surface area contributed by atoms with Crippen molar-refractivity contribution in [2.75, 3.05) is 36.0 Å². The van der Waals surface area contributed by atoms with Gasteiger partial charge in [-0.25, -0.2) is 9.37 Å². The molecule has 132 valence electrons. The summed E-state index contributed by atoms with van der Waals surface area (Å²) in [6.07, 6.45) is 0.591. The highest BCUT2D eigenvalue weighted by Crippen LogP contribution is 2.26. The molecule has 0 saturated carbocycles. The smallest absolute Gasteiger partial charge is 0.234 e. The lowest BCUT2D eigenvalue weighted by atomic mass is 10.2. The van der Waals surface area contributed by atoms with Gasteiger partial charge in [-0.3, -0.25) is 0 Å². The highest BCUT2D eigenvalue weighted by molar-refractivity contribution is 7.07. The van der Waals surface area contributed by atoms with Gasteiger partial charge in [0.25, 0.3) is 0 Å². The fourth-order valence-corrected chi connectivity index (χ4v) is 3.77. The van der Waals surface area contributed by atoms with Gasteiger partial charge in [0.15, 0.2) is 0 Å². The zero-order chi connectivity index (χ0) is 17.9. The SMILES string of the molecule is N#Cc1nc(Cc2ccsc2)oc1N1CCN(c2ccc(F)cc2)CC1. The number of benzene rings is 1. The Morgan fingerprint density at radius 2 is 1.85 bits per heavy atom. The Morgan fingerprint density at radius 1 is 1.12 bits per heavy atom. The van der Waals surface area contributed by atoms with E-state index in [0.29, 0.717) is 23.9 Å². The van der Waals surface area contributed by atoms with Gasteiger partial charge in [0.05, 0.1) is 6.42 Å². The van der Waals surface area contributed by atoms with E-state index in [-0.39, 0.29) is 5.82 Å². The summed E-state index contributed by atoms with van der Waals surface area (Å²) in [6, 6.07) is 10.7. The summed E-state index contributed by atoms with van der Waals surface area (Å²) in [6.45, 7) is 2.99. The van der Waals surface area contributed by atoms with Gasteiger partial charge in [-0.15, -0.1) is 0 Å². The van der Waals surface area contributed by atoms with E-state index in [9.17, 15) is 9.65 Å². The minimum atomic E-state index is -0.231. The van der Waals surface area contributed by atoms with Crippen LogP contribution in [-0.2, 0) is 6.42 Å². The van der Waals surface area contributed by atoms with Gasteiger partial charge in [-0.1, -0.05) is 0 Å². The lowest BCUT2D eigenvalue weighted by Crippen LogP contribution is -2.46. The molecule has 0 N–H and O–H groups in total. The fourth-order valence-electron chi connectivity index (χ4n) is 3.11. The maximum absolute atomic E-state index is 13.1. The Labute approximate surface area is 154 Å². The third-order valence-electron chi connectivity index (χ3n) is 4.45. The predicted octanol–water partition coefficient (Wildman–Crippen LogP) is 3.66. The highest BCUT2D eigenvalue weighted by Gasteiger charge is 2.24. The normalized spacial score (nSPS) is 14.5. The quantitative estimate of drug-likeness (QED) is 0.703. The summed E-state index contributed by atoms with van der Waals surface area (Å²) in [7, 11) is 0. The fraction of sp³-hybridized carbons (Fsp3) is 0.263. The first kappa shape index (κ1) is 16.6. The van der Waals surface area contributed by atoms with E-state index < -0.39 is 0 Å². The molecule has 7 heteroatoms. The van der Waals surface area contributed by atoms with Crippen LogP contribution in [0.15, 0.2) is 45.5 Å². The second-order valence-electron chi connectivity index (χ2n) is 6.13. The molecule has 0 unspecified atom stereocenters. The summed E-state index contributed by atoms with van der Waals surface area (Å²) in [5.41, 5.74) is 2.47. The van der Waals surface area contributed by atoms with Gasteiger partial charge in [-0.2, -0.15) is 16.6 Å². The number of anilines is 2. The molecule has 26 heavy (non-hydrogen) atoms. The van der Waals surface area contributed by atoms with E-state index >= 15 is 0 Å². The standard InChI is InChI=1S/C19H17FN4OS/c20-15-1-3-16(4-2-15)23-6-8-24(9-7-23)19-17(12-21)22-18(25-19)11-14-5-10-26-13-14/h1-5,10,13H,6-9,11H2. The Bertz CT molecular complexity index is 906. The van der Waals surface area contributed by atoms with Crippen molar-refractivity contribution in [1.29, 1.82) is 5.26 Å². The van der Waals surface area contributed by atoms with E-state index in [0.717, 1.165) is 37.4 Å². The zero-order valence-corrected chi connectivity index (χ0v) is 14.9. The predicted molar refractivity (Wildman–Crippen MR) is 99.2 cm³/mol. The van der Waals surface area contributed by atoms with Crippen LogP contribution in [0.2, 0.25) is 0 Å². The van der Waals surface area contributed by atoms with Crippen LogP contribution >= 0.6 is 11.3 Å². The molecule has 0 aliphatic carbocycles. The Balaban J connectivity index is 1.46. The van der Waals surface area contributed by atoms with Crippen LogP contribution in [0.3, 0.4) is 0 Å². The van der Waals surface area contributed by atoms with Crippen LogP contribution in [0.4, 0.5) is 16.0 Å². The Hall–Kier alpha value is -2.85. The molecular formula is C19H17FN4OS. The third-order valence-corrected chi connectivity index (χ3v) is 5.19. The highest BCUT2D eigenvalue weighted by atomic mass is 32.1. The summed E-state index contributed by atoms with van der Waals surface area (Å²) in [5, 5.41) is 13.5. The van der Waals surface area contributed by atoms with Crippen molar-refractivity contribution < 1.29 is 8.81 Å². The minimum Gasteiger partial charge on any atom is -0.423 e. The van der Waals surface area contributed by atoms with Crippen molar-refractivity contribution in [1.82, 2.24) is 4.98 Å². The van der Waals surface area contributed by atoms with Crippen LogP contribution in [0.1, 0.15) is 17.1 Å². The first-order chi connectivity index (χ1) is 12.7. The van der Waals surface area contributed by atoms with Crippen molar-refractivity contribution in [3.63, 3.8) is 0 Å². The van der Waals surface area contributed by atoms with Crippen LogP contribution in [0.25, 0.3) is 0 Å². The number of hydrogen-bond donors (Lipinski definition) is 0. The largest absolute Gasteiger partial charge is 0.423 e. The summed E-state index contributed by atoms with van der Waals surface area (Å²) in [5.74, 6) is 0.887. The molecular weight excluding hydrogens is 351 g/mol. The van der Waals surface area contributed by atoms with Gasteiger partial charge in [0, 0.05) is 31.9 Å². The van der Waals surface area contributed by atoms with Crippen LogP contribution in [-0.4, -0.2) is 31.2 Å². The van der Waals surface area contributed by atoms with Crippen LogP contribution < -0.4 is 9.80 Å². The van der Waals surface area contributed by atoms with Gasteiger partial charge >= 0.3 is 0 Å². The van der Waals surface area contributed by atoms with E-state index in [1.54, 1.807) is 23.5 Å². The number of thiophene rings is 1. The molecule has 0 spiro atoms. The molecule has 1 aliphatic heterocycles. The van der Waals surface area contributed by atoms with Crippen LogP contribution in [0.5, 0.6) is 0 Å². The van der Waals surface area contributed by atoms with E-state index in [1.165, 1.54) is 12.1 Å². The molecule has 3 heterocycles. The molecule has 1 aromatic carbocycles. The minimum absolute atomic E-state index is 0.231. The first-order valence-corrected chi connectivity index (χ1v) is 9.33. The van der Waals surface area contributed by atoms with Gasteiger partial charge < -0.3 is 14.2 Å². The molecule has 0 atom stereocenters. The van der Waals surface area contributed by atoms with Crippen molar-refractivity contribution in [3.8, 4) is 6.07 Å².